The third kappa shape index (κ3) is 2.02. The van der Waals surface area contributed by atoms with Gasteiger partial charge in [-0.05, 0) is 55.4 Å². The molecule has 1 aromatic carbocycles. The van der Waals surface area contributed by atoms with E-state index < -0.39 is 0 Å². The third-order valence-electron chi connectivity index (χ3n) is 3.60. The van der Waals surface area contributed by atoms with E-state index in [0.717, 1.165) is 6.54 Å². The Bertz CT molecular complexity index is 466. The van der Waals surface area contributed by atoms with Gasteiger partial charge in [-0.1, -0.05) is 6.07 Å². The van der Waals surface area contributed by atoms with Gasteiger partial charge in [-0.25, -0.2) is 4.99 Å². The number of fused-ring (bicyclic) bond motifs is 1. The summed E-state index contributed by atoms with van der Waals surface area (Å²) in [5.74, 6) is 0. The fourth-order valence-electron chi connectivity index (χ4n) is 2.69. The van der Waals surface area contributed by atoms with Gasteiger partial charge in [0.15, 0.2) is 0 Å². The lowest BCUT2D eigenvalue weighted by molar-refractivity contribution is 0.346. The summed E-state index contributed by atoms with van der Waals surface area (Å²) in [5, 5.41) is 3.32. The minimum absolute atomic E-state index is 0.682. The van der Waals surface area contributed by atoms with Crippen LogP contribution in [0.2, 0.25) is 0 Å². The summed E-state index contributed by atoms with van der Waals surface area (Å²) in [7, 11) is 0. The highest BCUT2D eigenvalue weighted by Crippen LogP contribution is 2.30. The van der Waals surface area contributed by atoms with E-state index in [4.69, 9.17) is 4.74 Å². The molecule has 1 aliphatic carbocycles. The smallest absolute Gasteiger partial charge is 0.289 e. The molecule has 0 fully saturated rings. The number of amidine groups is 1. The molecule has 0 atom stereocenters. The van der Waals surface area contributed by atoms with E-state index in [1.165, 1.54) is 48.1 Å². The molecule has 3 heteroatoms. The van der Waals surface area contributed by atoms with Crippen molar-refractivity contribution >= 4 is 11.7 Å². The van der Waals surface area contributed by atoms with Crippen molar-refractivity contribution in [2.45, 2.75) is 32.6 Å². The first kappa shape index (κ1) is 10.6. The molecular formula is C14H18N2O. The minimum atomic E-state index is 0.682. The van der Waals surface area contributed by atoms with E-state index in [1.807, 2.05) is 0 Å². The quantitative estimate of drug-likeness (QED) is 0.804. The first-order valence-corrected chi connectivity index (χ1v) is 6.40. The van der Waals surface area contributed by atoms with Gasteiger partial charge in [-0.15, -0.1) is 0 Å². The number of ether oxygens (including phenoxy) is 1. The van der Waals surface area contributed by atoms with Gasteiger partial charge in [0.05, 0.1) is 6.54 Å². The zero-order valence-corrected chi connectivity index (χ0v) is 10.3. The molecule has 3 rings (SSSR count). The number of hydrogen-bond acceptors (Lipinski definition) is 3. The Kier molecular flexibility index (Phi) is 2.75. The van der Waals surface area contributed by atoms with Crippen LogP contribution in [0, 0.1) is 6.92 Å². The van der Waals surface area contributed by atoms with Crippen molar-refractivity contribution in [3.63, 3.8) is 0 Å². The highest BCUT2D eigenvalue weighted by atomic mass is 16.5. The lowest BCUT2D eigenvalue weighted by Crippen LogP contribution is -2.16. The number of aliphatic imine (C=N–C) groups is 1. The molecule has 3 nitrogen and oxygen atoms in total. The Balaban J connectivity index is 1.93. The fraction of sp³-hybridized carbons (Fsp3) is 0.500. The average Bonchev–Trinajstić information content (AvgIpc) is 2.86. The van der Waals surface area contributed by atoms with Gasteiger partial charge in [0.1, 0.15) is 6.61 Å². The maximum atomic E-state index is 5.42. The lowest BCUT2D eigenvalue weighted by Gasteiger charge is -2.22. The van der Waals surface area contributed by atoms with Crippen LogP contribution in [0.1, 0.15) is 29.5 Å². The van der Waals surface area contributed by atoms with Crippen molar-refractivity contribution in [2.24, 2.45) is 4.99 Å². The van der Waals surface area contributed by atoms with Gasteiger partial charge >= 0.3 is 0 Å². The number of aryl methyl sites for hydroxylation is 1. The maximum absolute atomic E-state index is 5.42. The molecule has 0 aromatic heterocycles. The van der Waals surface area contributed by atoms with E-state index in [9.17, 15) is 0 Å². The highest BCUT2D eigenvalue weighted by molar-refractivity contribution is 5.91. The van der Waals surface area contributed by atoms with Crippen LogP contribution in [-0.2, 0) is 17.6 Å². The van der Waals surface area contributed by atoms with E-state index >= 15 is 0 Å². The summed E-state index contributed by atoms with van der Waals surface area (Å²) in [6.45, 7) is 3.68. The largest absolute Gasteiger partial charge is 0.463 e. The summed E-state index contributed by atoms with van der Waals surface area (Å²) < 4.78 is 5.42. The predicted molar refractivity (Wildman–Crippen MR) is 69.7 cm³/mol. The van der Waals surface area contributed by atoms with Gasteiger partial charge in [-0.2, -0.15) is 0 Å². The Hall–Kier alpha value is -1.51. The lowest BCUT2D eigenvalue weighted by atomic mass is 9.87. The maximum Gasteiger partial charge on any atom is 0.289 e. The molecule has 1 aromatic rings. The van der Waals surface area contributed by atoms with Crippen LogP contribution in [0.4, 0.5) is 5.69 Å². The van der Waals surface area contributed by atoms with Crippen molar-refractivity contribution in [3.8, 4) is 0 Å². The molecule has 90 valence electrons. The van der Waals surface area contributed by atoms with Gasteiger partial charge in [0.25, 0.3) is 6.02 Å². The normalized spacial score (nSPS) is 18.3. The van der Waals surface area contributed by atoms with Crippen molar-refractivity contribution in [3.05, 3.63) is 28.8 Å². The number of hydrogen-bond donors (Lipinski definition) is 1. The molecule has 2 aliphatic rings. The Morgan fingerprint density at radius 1 is 1.18 bits per heavy atom. The van der Waals surface area contributed by atoms with Gasteiger partial charge < -0.3 is 10.1 Å². The molecule has 0 amide bonds. The van der Waals surface area contributed by atoms with E-state index in [1.54, 1.807) is 0 Å². The van der Waals surface area contributed by atoms with E-state index in [-0.39, 0.29) is 0 Å². The van der Waals surface area contributed by atoms with Crippen LogP contribution >= 0.6 is 0 Å². The molecular weight excluding hydrogens is 212 g/mol. The van der Waals surface area contributed by atoms with Crippen molar-refractivity contribution in [1.29, 1.82) is 0 Å². The summed E-state index contributed by atoms with van der Waals surface area (Å²) in [4.78, 5) is 4.29. The van der Waals surface area contributed by atoms with Crippen LogP contribution in [-0.4, -0.2) is 19.2 Å². The van der Waals surface area contributed by atoms with Crippen LogP contribution < -0.4 is 5.32 Å². The highest BCUT2D eigenvalue weighted by Gasteiger charge is 2.17. The molecule has 17 heavy (non-hydrogen) atoms. The Morgan fingerprint density at radius 3 is 2.76 bits per heavy atom. The van der Waals surface area contributed by atoms with Gasteiger partial charge in [-0.3, -0.25) is 0 Å². The van der Waals surface area contributed by atoms with Crippen molar-refractivity contribution < 1.29 is 4.74 Å². The SMILES string of the molecule is Cc1ccc(NC2=NCCO2)c2c1CCCC2. The molecule has 0 bridgehead atoms. The van der Waals surface area contributed by atoms with Crippen LogP contribution in [0.15, 0.2) is 17.1 Å². The Morgan fingerprint density at radius 2 is 2.00 bits per heavy atom. The fourth-order valence-corrected chi connectivity index (χ4v) is 2.69. The zero-order valence-electron chi connectivity index (χ0n) is 10.3. The van der Waals surface area contributed by atoms with Crippen molar-refractivity contribution in [1.82, 2.24) is 0 Å². The molecule has 0 saturated heterocycles. The number of rotatable bonds is 1. The number of nitrogens with zero attached hydrogens (tertiary/aromatic N) is 1. The van der Waals surface area contributed by atoms with Gasteiger partial charge in [0, 0.05) is 5.69 Å². The number of anilines is 1. The summed E-state index contributed by atoms with van der Waals surface area (Å²) in [6, 6.07) is 5.03. The first-order valence-electron chi connectivity index (χ1n) is 6.40. The Labute approximate surface area is 102 Å². The predicted octanol–water partition coefficient (Wildman–Crippen LogP) is 2.67. The second-order valence-corrected chi connectivity index (χ2v) is 4.75. The minimum Gasteiger partial charge on any atom is -0.463 e. The molecule has 0 saturated carbocycles. The zero-order chi connectivity index (χ0) is 11.7. The standard InChI is InChI=1S/C14H18N2O/c1-10-6-7-13(16-14-15-8-9-17-14)12-5-3-2-4-11(10)12/h6-7H,2-5,8-9H2,1H3,(H,15,16). The monoisotopic (exact) mass is 230 g/mol. The summed E-state index contributed by atoms with van der Waals surface area (Å²) in [5.41, 5.74) is 5.60. The second kappa shape index (κ2) is 4.40. The molecule has 0 radical (unpaired) electrons. The van der Waals surface area contributed by atoms with Crippen LogP contribution in [0.5, 0.6) is 0 Å². The van der Waals surface area contributed by atoms with E-state index in [2.05, 4.69) is 29.4 Å². The molecule has 1 N–H and O–H groups in total. The third-order valence-corrected chi connectivity index (χ3v) is 3.60. The number of benzene rings is 1. The van der Waals surface area contributed by atoms with Crippen LogP contribution in [0.3, 0.4) is 0 Å². The van der Waals surface area contributed by atoms with Crippen LogP contribution in [0.25, 0.3) is 0 Å². The second-order valence-electron chi connectivity index (χ2n) is 4.75. The van der Waals surface area contributed by atoms with E-state index in [0.29, 0.717) is 12.6 Å². The molecule has 0 spiro atoms. The molecule has 0 unspecified atom stereocenters. The first-order chi connectivity index (χ1) is 8.34. The average molecular weight is 230 g/mol. The van der Waals surface area contributed by atoms with Crippen molar-refractivity contribution in [2.75, 3.05) is 18.5 Å². The summed E-state index contributed by atoms with van der Waals surface area (Å²) in [6.07, 6.45) is 4.99. The summed E-state index contributed by atoms with van der Waals surface area (Å²) >= 11 is 0. The topological polar surface area (TPSA) is 33.6 Å². The molecule has 1 aliphatic heterocycles. The molecule has 1 heterocycles. The van der Waals surface area contributed by atoms with Gasteiger partial charge in [0.2, 0.25) is 0 Å². The number of nitrogens with one attached hydrogen (secondary N) is 1.